The van der Waals surface area contributed by atoms with E-state index in [2.05, 4.69) is 20.4 Å². The van der Waals surface area contributed by atoms with Crippen LogP contribution < -0.4 is 5.56 Å². The zero-order valence-electron chi connectivity index (χ0n) is 19.9. The molecule has 4 unspecified atom stereocenters. The van der Waals surface area contributed by atoms with Gasteiger partial charge in [0.25, 0.3) is 5.56 Å². The van der Waals surface area contributed by atoms with Gasteiger partial charge in [-0.25, -0.2) is 9.49 Å². The molecular formula is C24H24F4N6O3. The number of rotatable bonds is 5. The van der Waals surface area contributed by atoms with Crippen LogP contribution in [0, 0.1) is 0 Å². The number of methoxy groups -OCH3 is 1. The van der Waals surface area contributed by atoms with Crippen molar-refractivity contribution in [3.8, 4) is 0 Å². The van der Waals surface area contributed by atoms with E-state index >= 15 is 4.39 Å². The highest BCUT2D eigenvalue weighted by Crippen LogP contribution is 2.39. The molecule has 3 heterocycles. The molecule has 1 aromatic carbocycles. The van der Waals surface area contributed by atoms with Crippen molar-refractivity contribution in [2.45, 2.75) is 50.6 Å². The van der Waals surface area contributed by atoms with Crippen LogP contribution in [0.1, 0.15) is 43.0 Å². The van der Waals surface area contributed by atoms with Crippen LogP contribution in [0.2, 0.25) is 0 Å². The summed E-state index contributed by atoms with van der Waals surface area (Å²) in [5.74, 6) is -1.24. The Balaban J connectivity index is 1.44. The average Bonchev–Trinajstić information content (AvgIpc) is 3.34. The second-order valence-corrected chi connectivity index (χ2v) is 9.03. The number of ether oxygens (including phenoxy) is 1. The highest BCUT2D eigenvalue weighted by atomic mass is 19.4. The molecule has 2 N–H and O–H groups in total. The molecule has 9 nitrogen and oxygen atoms in total. The minimum atomic E-state index is -4.74. The zero-order valence-corrected chi connectivity index (χ0v) is 19.9. The van der Waals surface area contributed by atoms with Crippen LogP contribution in [0.4, 0.5) is 17.6 Å². The van der Waals surface area contributed by atoms with Gasteiger partial charge in [0.2, 0.25) is 5.82 Å². The lowest BCUT2D eigenvalue weighted by atomic mass is 9.92. The van der Waals surface area contributed by atoms with E-state index in [9.17, 15) is 23.1 Å². The van der Waals surface area contributed by atoms with Crippen molar-refractivity contribution in [2.24, 2.45) is 0 Å². The van der Waals surface area contributed by atoms with Gasteiger partial charge in [0.05, 0.1) is 17.1 Å². The van der Waals surface area contributed by atoms with E-state index in [0.29, 0.717) is 22.0 Å². The maximum absolute atomic E-state index is 15.1. The molecule has 2 aliphatic rings. The number of fused-ring (bicyclic) bond motifs is 2. The highest BCUT2D eigenvalue weighted by molar-refractivity contribution is 5.83. The first-order valence-electron chi connectivity index (χ1n) is 11.6. The number of hydrogen-bond donors (Lipinski definition) is 2. The second kappa shape index (κ2) is 9.47. The minimum Gasteiger partial charge on any atom is -0.374 e. The van der Waals surface area contributed by atoms with Crippen molar-refractivity contribution in [2.75, 3.05) is 13.7 Å². The van der Waals surface area contributed by atoms with Crippen molar-refractivity contribution in [3.05, 3.63) is 75.3 Å². The fraction of sp³-hybridized carbons (Fsp3) is 0.417. The maximum Gasteiger partial charge on any atom is 0.451 e. The van der Waals surface area contributed by atoms with Gasteiger partial charge >= 0.3 is 6.18 Å². The quantitative estimate of drug-likeness (QED) is 0.498. The van der Waals surface area contributed by atoms with Crippen molar-refractivity contribution >= 4 is 10.8 Å². The van der Waals surface area contributed by atoms with Gasteiger partial charge in [-0.05, 0) is 18.6 Å². The summed E-state index contributed by atoms with van der Waals surface area (Å²) in [7, 11) is 1.25. The molecule has 1 aliphatic carbocycles. The van der Waals surface area contributed by atoms with E-state index in [-0.39, 0.29) is 36.3 Å². The topological polar surface area (TPSA) is 109 Å². The minimum absolute atomic E-state index is 0.00381. The molecule has 3 aromatic rings. The first-order valence-corrected chi connectivity index (χ1v) is 11.6. The standard InChI is InChI=1S/C24H24F4N6O3/c1-12-20-30-32-23(24(26,27)28)34(20)19(37-2)11-33(12)22(36)16-9-13(7-8-17(16)25)10-18-14-5-3-4-6-15(14)21(35)31-29-18/h3-7,9,12,17,19,22,36H,8,10-11H2,1-2H3,(H,31,35). The summed E-state index contributed by atoms with van der Waals surface area (Å²) in [6.45, 7) is 1.42. The van der Waals surface area contributed by atoms with Crippen LogP contribution in [0.3, 0.4) is 0 Å². The number of aromatic amines is 1. The predicted octanol–water partition coefficient (Wildman–Crippen LogP) is 3.21. The Morgan fingerprint density at radius 3 is 2.68 bits per heavy atom. The molecule has 0 bridgehead atoms. The third-order valence-corrected chi connectivity index (χ3v) is 6.83. The number of alkyl halides is 4. The molecule has 2 aromatic heterocycles. The Kier molecular flexibility index (Phi) is 6.46. The van der Waals surface area contributed by atoms with Gasteiger partial charge in [-0.1, -0.05) is 30.4 Å². The number of nitrogens with one attached hydrogen (secondary N) is 1. The van der Waals surface area contributed by atoms with E-state index in [4.69, 9.17) is 4.74 Å². The van der Waals surface area contributed by atoms with E-state index in [1.165, 1.54) is 18.1 Å². The van der Waals surface area contributed by atoms with Gasteiger partial charge in [0.15, 0.2) is 5.82 Å². The van der Waals surface area contributed by atoms with Gasteiger partial charge in [-0.15, -0.1) is 10.2 Å². The summed E-state index contributed by atoms with van der Waals surface area (Å²) < 4.78 is 61.6. The summed E-state index contributed by atoms with van der Waals surface area (Å²) in [6, 6.07) is 6.19. The monoisotopic (exact) mass is 520 g/mol. The first kappa shape index (κ1) is 25.2. The fourth-order valence-corrected chi connectivity index (χ4v) is 4.93. The van der Waals surface area contributed by atoms with Crippen LogP contribution >= 0.6 is 0 Å². The molecule has 0 fully saturated rings. The Morgan fingerprint density at radius 1 is 1.24 bits per heavy atom. The molecule has 196 valence electrons. The fourth-order valence-electron chi connectivity index (χ4n) is 4.93. The van der Waals surface area contributed by atoms with Crippen LogP contribution in [0.15, 0.2) is 52.4 Å². The van der Waals surface area contributed by atoms with Crippen LogP contribution in [0.25, 0.3) is 10.8 Å². The summed E-state index contributed by atoms with van der Waals surface area (Å²) >= 11 is 0. The SMILES string of the molecule is COC1CN(C(O)C2=CC(Cc3n[nH]c(=O)c4ccccc34)=CCC2F)C(C)c2nnc(C(F)(F)F)n21. The molecule has 0 amide bonds. The van der Waals surface area contributed by atoms with Crippen LogP contribution in [-0.2, 0) is 17.3 Å². The smallest absolute Gasteiger partial charge is 0.374 e. The number of benzene rings is 1. The van der Waals surface area contributed by atoms with E-state index in [1.54, 1.807) is 37.3 Å². The molecule has 0 saturated heterocycles. The van der Waals surface area contributed by atoms with Gasteiger partial charge < -0.3 is 9.84 Å². The average molecular weight is 520 g/mol. The lowest BCUT2D eigenvalue weighted by Gasteiger charge is -2.41. The summed E-state index contributed by atoms with van der Waals surface area (Å²) in [4.78, 5) is 13.5. The third-order valence-electron chi connectivity index (χ3n) is 6.83. The molecule has 1 aliphatic heterocycles. The zero-order chi connectivity index (χ0) is 26.5. The summed E-state index contributed by atoms with van der Waals surface area (Å²) in [6.07, 6.45) is -5.31. The van der Waals surface area contributed by atoms with E-state index in [0.717, 1.165) is 4.57 Å². The number of aromatic nitrogens is 5. The molecule has 37 heavy (non-hydrogen) atoms. The molecular weight excluding hydrogens is 496 g/mol. The van der Waals surface area contributed by atoms with E-state index < -0.39 is 36.7 Å². The Labute approximate surface area is 208 Å². The molecule has 4 atom stereocenters. The number of aliphatic hydroxyl groups is 1. The third kappa shape index (κ3) is 4.47. The van der Waals surface area contributed by atoms with Gasteiger partial charge in [0.1, 0.15) is 18.6 Å². The van der Waals surface area contributed by atoms with Gasteiger partial charge in [-0.3, -0.25) is 14.3 Å². The largest absolute Gasteiger partial charge is 0.451 e. The Morgan fingerprint density at radius 2 is 1.97 bits per heavy atom. The molecule has 5 rings (SSSR count). The molecule has 0 spiro atoms. The van der Waals surface area contributed by atoms with Crippen LogP contribution in [0.5, 0.6) is 0 Å². The molecule has 0 radical (unpaired) electrons. The van der Waals surface area contributed by atoms with Gasteiger partial charge in [0, 0.05) is 37.5 Å². The molecule has 13 heteroatoms. The van der Waals surface area contributed by atoms with Gasteiger partial charge in [-0.2, -0.15) is 18.3 Å². The number of hydrogen-bond acceptors (Lipinski definition) is 7. The normalized spacial score (nSPS) is 23.5. The summed E-state index contributed by atoms with van der Waals surface area (Å²) in [5.41, 5.74) is 1.02. The van der Waals surface area contributed by atoms with Crippen molar-refractivity contribution in [1.82, 2.24) is 29.9 Å². The van der Waals surface area contributed by atoms with Crippen LogP contribution in [-0.4, -0.2) is 61.0 Å². The molecule has 0 saturated carbocycles. The number of nitrogens with zero attached hydrogens (tertiary/aromatic N) is 5. The number of halogens is 4. The number of H-pyrrole nitrogens is 1. The van der Waals surface area contributed by atoms with Crippen molar-refractivity contribution in [1.29, 1.82) is 0 Å². The Hall–Kier alpha value is -3.42. The lowest BCUT2D eigenvalue weighted by molar-refractivity contribution is -0.156. The Bertz CT molecular complexity index is 1450. The first-order chi connectivity index (χ1) is 17.6. The van der Waals surface area contributed by atoms with Crippen molar-refractivity contribution < 1.29 is 27.4 Å². The second-order valence-electron chi connectivity index (χ2n) is 9.03. The van der Waals surface area contributed by atoms with E-state index in [1.807, 2.05) is 0 Å². The highest BCUT2D eigenvalue weighted by Gasteiger charge is 2.46. The maximum atomic E-state index is 15.1. The predicted molar refractivity (Wildman–Crippen MR) is 124 cm³/mol. The lowest BCUT2D eigenvalue weighted by Crippen LogP contribution is -2.49. The summed E-state index contributed by atoms with van der Waals surface area (Å²) in [5, 5.41) is 26.0. The number of aliphatic hydroxyl groups excluding tert-OH is 1. The number of allylic oxidation sites excluding steroid dienone is 3. The van der Waals surface area contributed by atoms with Crippen molar-refractivity contribution in [3.63, 3.8) is 0 Å².